The van der Waals surface area contributed by atoms with E-state index in [0.29, 0.717) is 28.9 Å². The van der Waals surface area contributed by atoms with Crippen molar-refractivity contribution in [3.8, 4) is 0 Å². The minimum atomic E-state index is -0.862. The molecular formula is C52H77N4O4-. The maximum absolute atomic E-state index is 10.9. The van der Waals surface area contributed by atoms with Crippen LogP contribution < -0.4 is 21.7 Å². The summed E-state index contributed by atoms with van der Waals surface area (Å²) in [5, 5.41) is 19.0. The first-order valence-electron chi connectivity index (χ1n) is 21.2. The Morgan fingerprint density at radius 1 is 0.550 bits per heavy atom. The fourth-order valence-corrected chi connectivity index (χ4v) is 5.17. The Morgan fingerprint density at radius 2 is 0.867 bits per heavy atom. The summed E-state index contributed by atoms with van der Waals surface area (Å²) in [6.07, 6.45) is 11.0. The van der Waals surface area contributed by atoms with Gasteiger partial charge in [-0.2, -0.15) is 0 Å². The molecule has 0 fully saturated rings. The summed E-state index contributed by atoms with van der Waals surface area (Å²) in [5.41, 5.74) is 16.7. The molecule has 0 radical (unpaired) electrons. The van der Waals surface area contributed by atoms with Gasteiger partial charge in [-0.05, 0) is 102 Å². The largest absolute Gasteiger partial charge is 0.870 e. The zero-order chi connectivity index (χ0) is 45.3. The van der Waals surface area contributed by atoms with E-state index in [4.69, 9.17) is 10.8 Å². The summed E-state index contributed by atoms with van der Waals surface area (Å²) in [5.74, 6) is -0.862. The Morgan fingerprint density at radius 3 is 1.18 bits per heavy atom. The number of carbonyl (C=O) groups excluding carboxylic acids is 1. The summed E-state index contributed by atoms with van der Waals surface area (Å²) < 4.78 is 0. The molecule has 8 nitrogen and oxygen atoms in total. The van der Waals surface area contributed by atoms with E-state index >= 15 is 0 Å². The average molecular weight is 822 g/mol. The molecule has 7 rings (SSSR count). The fourth-order valence-electron chi connectivity index (χ4n) is 5.17. The summed E-state index contributed by atoms with van der Waals surface area (Å²) in [6, 6.07) is 32.2. The molecule has 0 saturated heterocycles. The number of fused-ring (bicyclic) bond motifs is 3. The van der Waals surface area contributed by atoms with Gasteiger partial charge in [-0.25, -0.2) is 4.79 Å². The SMILES string of the molecule is C/C=C/C.CC.CC.CC.CC.CC1=Cc2ccccc2NC1C.CC1=Cc2ccccc2NC1C.CC1Nc2ccccc2C=C1C(=O)O.Nc1ccccc1C=O.[OH-]. The molecule has 4 aromatic rings. The lowest BCUT2D eigenvalue weighted by Crippen LogP contribution is -2.26. The van der Waals surface area contributed by atoms with Crippen molar-refractivity contribution >= 4 is 53.2 Å². The highest BCUT2D eigenvalue weighted by atomic mass is 16.4. The van der Waals surface area contributed by atoms with Crippen molar-refractivity contribution in [3.05, 3.63) is 148 Å². The van der Waals surface area contributed by atoms with Crippen LogP contribution in [0.2, 0.25) is 0 Å². The second-order valence-electron chi connectivity index (χ2n) is 12.5. The van der Waals surface area contributed by atoms with Gasteiger partial charge in [0, 0.05) is 40.4 Å². The Balaban J connectivity index is -0.000000665. The third kappa shape index (κ3) is 20.7. The molecule has 0 aromatic heterocycles. The number of allylic oxidation sites excluding steroid dienone is 2. The van der Waals surface area contributed by atoms with E-state index in [0.717, 1.165) is 17.5 Å². The van der Waals surface area contributed by atoms with Crippen LogP contribution in [0.15, 0.2) is 126 Å². The number of nitrogen functional groups attached to an aromatic ring is 1. The van der Waals surface area contributed by atoms with Gasteiger partial charge < -0.3 is 32.3 Å². The first kappa shape index (κ1) is 58.5. The number of rotatable bonds is 2. The van der Waals surface area contributed by atoms with E-state index in [2.05, 4.69) is 104 Å². The molecule has 330 valence electrons. The molecule has 0 bridgehead atoms. The van der Waals surface area contributed by atoms with Gasteiger partial charge in [0.15, 0.2) is 6.29 Å². The lowest BCUT2D eigenvalue weighted by atomic mass is 9.99. The number of hydrogen-bond acceptors (Lipinski definition) is 7. The molecule has 3 unspecified atom stereocenters. The number of carboxylic acid groups (broad SMARTS) is 1. The number of carbonyl (C=O) groups is 2. The number of para-hydroxylation sites is 4. The zero-order valence-corrected chi connectivity index (χ0v) is 39.2. The van der Waals surface area contributed by atoms with Crippen LogP contribution in [-0.2, 0) is 4.79 Å². The first-order valence-corrected chi connectivity index (χ1v) is 21.2. The summed E-state index contributed by atoms with van der Waals surface area (Å²) >= 11 is 0. The van der Waals surface area contributed by atoms with Gasteiger partial charge in [0.05, 0.1) is 11.6 Å². The average Bonchev–Trinajstić information content (AvgIpc) is 3.28. The minimum Gasteiger partial charge on any atom is -0.870 e. The molecule has 3 heterocycles. The Kier molecular flexibility index (Phi) is 34.2. The predicted octanol–water partition coefficient (Wildman–Crippen LogP) is 14.4. The van der Waals surface area contributed by atoms with Crippen LogP contribution in [0.5, 0.6) is 0 Å². The normalized spacial score (nSPS) is 15.2. The highest BCUT2D eigenvalue weighted by Gasteiger charge is 2.21. The number of nitrogens with one attached hydrogen (secondary N) is 3. The lowest BCUT2D eigenvalue weighted by molar-refractivity contribution is -0.132. The van der Waals surface area contributed by atoms with E-state index < -0.39 is 5.97 Å². The molecule has 0 amide bonds. The highest BCUT2D eigenvalue weighted by molar-refractivity contribution is 5.97. The van der Waals surface area contributed by atoms with Crippen molar-refractivity contribution in [2.75, 3.05) is 21.7 Å². The predicted molar refractivity (Wildman–Crippen MR) is 266 cm³/mol. The van der Waals surface area contributed by atoms with Crippen molar-refractivity contribution in [3.63, 3.8) is 0 Å². The monoisotopic (exact) mass is 822 g/mol. The lowest BCUT2D eigenvalue weighted by Gasteiger charge is -2.22. The summed E-state index contributed by atoms with van der Waals surface area (Å²) in [6.45, 7) is 30.5. The molecule has 60 heavy (non-hydrogen) atoms. The maximum Gasteiger partial charge on any atom is 0.333 e. The molecular weight excluding hydrogens is 745 g/mol. The van der Waals surface area contributed by atoms with Gasteiger partial charge in [-0.3, -0.25) is 4.79 Å². The van der Waals surface area contributed by atoms with Crippen LogP contribution in [0.4, 0.5) is 22.7 Å². The maximum atomic E-state index is 10.9. The van der Waals surface area contributed by atoms with E-state index in [1.165, 1.54) is 33.6 Å². The van der Waals surface area contributed by atoms with Crippen molar-refractivity contribution in [2.45, 2.75) is 122 Å². The minimum absolute atomic E-state index is 0. The number of aliphatic carboxylic acids is 1. The van der Waals surface area contributed by atoms with Crippen molar-refractivity contribution < 1.29 is 20.2 Å². The van der Waals surface area contributed by atoms with Gasteiger partial charge in [0.1, 0.15) is 0 Å². The molecule has 7 N–H and O–H groups in total. The second kappa shape index (κ2) is 35.1. The molecule has 4 aromatic carbocycles. The fraction of sp³-hybridized carbons (Fsp3) is 0.346. The van der Waals surface area contributed by atoms with Crippen LogP contribution in [0.1, 0.15) is 131 Å². The summed E-state index contributed by atoms with van der Waals surface area (Å²) in [4.78, 5) is 21.0. The first-order chi connectivity index (χ1) is 28.5. The van der Waals surface area contributed by atoms with E-state index in [1.807, 2.05) is 113 Å². The number of nitrogens with two attached hydrogens (primary N) is 1. The third-order valence-corrected chi connectivity index (χ3v) is 8.61. The number of benzene rings is 4. The second-order valence-corrected chi connectivity index (χ2v) is 12.5. The molecule has 3 atom stereocenters. The van der Waals surface area contributed by atoms with Crippen molar-refractivity contribution in [2.24, 2.45) is 0 Å². The van der Waals surface area contributed by atoms with Crippen LogP contribution in [0.3, 0.4) is 0 Å². The van der Waals surface area contributed by atoms with Crippen LogP contribution in [0.25, 0.3) is 18.2 Å². The molecule has 0 aliphatic carbocycles. The van der Waals surface area contributed by atoms with Gasteiger partial charge in [0.25, 0.3) is 0 Å². The smallest absolute Gasteiger partial charge is 0.333 e. The van der Waals surface area contributed by atoms with E-state index in [1.54, 1.807) is 30.3 Å². The Labute approximate surface area is 364 Å². The number of carboxylic acids is 1. The number of hydrogen-bond donors (Lipinski definition) is 5. The van der Waals surface area contributed by atoms with E-state index in [-0.39, 0.29) is 11.5 Å². The van der Waals surface area contributed by atoms with Gasteiger partial charge in [-0.1, -0.05) is 158 Å². The molecule has 0 spiro atoms. The zero-order valence-electron chi connectivity index (χ0n) is 39.2. The molecule has 0 saturated carbocycles. The van der Waals surface area contributed by atoms with Crippen molar-refractivity contribution in [1.29, 1.82) is 0 Å². The Bertz CT molecular complexity index is 1820. The topological polar surface area (TPSA) is 146 Å². The quantitative estimate of drug-likeness (QED) is 0.0763. The van der Waals surface area contributed by atoms with Crippen LogP contribution in [0, 0.1) is 0 Å². The van der Waals surface area contributed by atoms with Gasteiger partial charge >= 0.3 is 5.97 Å². The number of anilines is 4. The molecule has 3 aliphatic rings. The van der Waals surface area contributed by atoms with Crippen LogP contribution >= 0.6 is 0 Å². The highest BCUT2D eigenvalue weighted by Crippen LogP contribution is 2.28. The van der Waals surface area contributed by atoms with E-state index in [9.17, 15) is 9.59 Å². The molecule has 3 aliphatic heterocycles. The van der Waals surface area contributed by atoms with Gasteiger partial charge in [-0.15, -0.1) is 0 Å². The standard InChI is InChI=1S/C11H11NO2.2C11H13N.C7H7NO.C4H8.4C2H6.H2O/c1-7-9(11(13)14)6-8-4-2-3-5-10(8)12-7;2*1-8-7-10-5-3-4-6-11(10)12-9(8)2;8-7-4-2-1-3-6(7)5-9;1-3-4-2;4*1-2;/h2-7,12H,1H3,(H,13,14);2*3-7,9,12H,1-2H3;1-5H,8H2;3-4H,1-2H3;4*1-2H3;1H2/p-1/b;;;;4-3+;;;;;. The van der Waals surface area contributed by atoms with Gasteiger partial charge in [0.2, 0.25) is 0 Å². The Hall–Kier alpha value is -5.86. The van der Waals surface area contributed by atoms with Crippen LogP contribution in [-0.4, -0.2) is 41.0 Å². The third-order valence-electron chi connectivity index (χ3n) is 8.61. The number of aldehydes is 1. The molecule has 8 heteroatoms. The summed E-state index contributed by atoms with van der Waals surface area (Å²) in [7, 11) is 0. The van der Waals surface area contributed by atoms with Crippen molar-refractivity contribution in [1.82, 2.24) is 0 Å².